The average molecular weight is 277 g/mol. The lowest BCUT2D eigenvalue weighted by Gasteiger charge is -2.07. The lowest BCUT2D eigenvalue weighted by molar-refractivity contribution is 0.338. The van der Waals surface area contributed by atoms with Gasteiger partial charge in [0.05, 0.1) is 13.7 Å². The van der Waals surface area contributed by atoms with Gasteiger partial charge in [0.2, 0.25) is 5.95 Å². The van der Waals surface area contributed by atoms with E-state index in [-0.39, 0.29) is 18.0 Å². The van der Waals surface area contributed by atoms with Crippen molar-refractivity contribution < 1.29 is 14.2 Å². The number of aromatic nitrogens is 3. The number of hydrazine groups is 1. The van der Waals surface area contributed by atoms with Crippen LogP contribution in [0.3, 0.4) is 0 Å². The van der Waals surface area contributed by atoms with E-state index < -0.39 is 0 Å². The number of hydrogen-bond donors (Lipinski definition) is 2. The molecule has 8 heteroatoms. The summed E-state index contributed by atoms with van der Waals surface area (Å²) in [7, 11) is 1.44. The van der Waals surface area contributed by atoms with Crippen molar-refractivity contribution in [3.05, 3.63) is 24.3 Å². The van der Waals surface area contributed by atoms with Crippen LogP contribution in [0, 0.1) is 0 Å². The van der Waals surface area contributed by atoms with E-state index in [1.807, 2.05) is 6.92 Å². The van der Waals surface area contributed by atoms with E-state index in [0.717, 1.165) is 5.75 Å². The van der Waals surface area contributed by atoms with Gasteiger partial charge < -0.3 is 14.2 Å². The molecule has 0 aliphatic heterocycles. The topological polar surface area (TPSA) is 104 Å². The maximum absolute atomic E-state index is 5.50. The summed E-state index contributed by atoms with van der Waals surface area (Å²) >= 11 is 0. The number of rotatable bonds is 6. The molecule has 0 saturated heterocycles. The van der Waals surface area contributed by atoms with Crippen molar-refractivity contribution in [1.82, 2.24) is 15.0 Å². The number of methoxy groups -OCH3 is 1. The van der Waals surface area contributed by atoms with Gasteiger partial charge in [-0.1, -0.05) is 0 Å². The van der Waals surface area contributed by atoms with Crippen LogP contribution in [0.1, 0.15) is 6.92 Å². The maximum Gasteiger partial charge on any atom is 0.330 e. The largest absolute Gasteiger partial charge is 0.494 e. The number of nitrogen functional groups attached to an aromatic ring is 1. The van der Waals surface area contributed by atoms with Crippen LogP contribution in [0.5, 0.6) is 23.5 Å². The highest BCUT2D eigenvalue weighted by Crippen LogP contribution is 2.22. The molecular weight excluding hydrogens is 262 g/mol. The van der Waals surface area contributed by atoms with Gasteiger partial charge in [-0.3, -0.25) is 5.43 Å². The normalized spacial score (nSPS) is 9.95. The number of nitrogens with two attached hydrogens (primary N) is 1. The minimum absolute atomic E-state index is 0.0777. The van der Waals surface area contributed by atoms with Gasteiger partial charge in [0.25, 0.3) is 0 Å². The molecule has 0 atom stereocenters. The van der Waals surface area contributed by atoms with Crippen molar-refractivity contribution in [2.45, 2.75) is 6.92 Å². The summed E-state index contributed by atoms with van der Waals surface area (Å²) in [6, 6.07) is 7.26. The Morgan fingerprint density at radius 1 is 1.05 bits per heavy atom. The Morgan fingerprint density at radius 2 is 1.70 bits per heavy atom. The molecule has 0 aliphatic rings. The van der Waals surface area contributed by atoms with Crippen LogP contribution in [-0.2, 0) is 0 Å². The van der Waals surface area contributed by atoms with E-state index in [9.17, 15) is 0 Å². The average Bonchev–Trinajstić information content (AvgIpc) is 2.49. The van der Waals surface area contributed by atoms with Crippen molar-refractivity contribution in [3.63, 3.8) is 0 Å². The van der Waals surface area contributed by atoms with E-state index in [1.54, 1.807) is 24.3 Å². The quantitative estimate of drug-likeness (QED) is 0.602. The highest BCUT2D eigenvalue weighted by molar-refractivity contribution is 5.33. The Balaban J connectivity index is 2.16. The highest BCUT2D eigenvalue weighted by Gasteiger charge is 2.08. The molecule has 2 rings (SSSR count). The standard InChI is InChI=1S/C12H15N5O3/c1-3-19-8-4-6-9(7-5-8)20-12-15-10(17-13)14-11(16-12)18-2/h4-7H,3,13H2,1-2H3,(H,14,15,16,17). The molecule has 3 N–H and O–H groups in total. The van der Waals surface area contributed by atoms with Crippen molar-refractivity contribution in [2.75, 3.05) is 19.1 Å². The SMILES string of the molecule is CCOc1ccc(Oc2nc(NN)nc(OC)n2)cc1. The summed E-state index contributed by atoms with van der Waals surface area (Å²) in [4.78, 5) is 11.8. The second-order valence-electron chi connectivity index (χ2n) is 3.58. The summed E-state index contributed by atoms with van der Waals surface area (Å²) in [6.07, 6.45) is 0. The minimum atomic E-state index is 0.0777. The molecule has 0 aliphatic carbocycles. The molecule has 106 valence electrons. The molecule has 0 radical (unpaired) electrons. The third-order valence-electron chi connectivity index (χ3n) is 2.25. The third-order valence-corrected chi connectivity index (χ3v) is 2.25. The van der Waals surface area contributed by atoms with Crippen molar-refractivity contribution in [3.8, 4) is 23.5 Å². The van der Waals surface area contributed by atoms with E-state index in [0.29, 0.717) is 12.4 Å². The fourth-order valence-electron chi connectivity index (χ4n) is 1.42. The molecule has 8 nitrogen and oxygen atoms in total. The van der Waals surface area contributed by atoms with Crippen molar-refractivity contribution in [2.24, 2.45) is 5.84 Å². The Labute approximate surface area is 115 Å². The predicted octanol–water partition coefficient (Wildman–Crippen LogP) is 1.36. The zero-order chi connectivity index (χ0) is 14.4. The van der Waals surface area contributed by atoms with Crippen LogP contribution in [0.4, 0.5) is 5.95 Å². The fourth-order valence-corrected chi connectivity index (χ4v) is 1.42. The first-order valence-corrected chi connectivity index (χ1v) is 5.92. The zero-order valence-corrected chi connectivity index (χ0v) is 11.2. The zero-order valence-electron chi connectivity index (χ0n) is 11.2. The molecule has 0 saturated carbocycles. The molecule has 1 heterocycles. The summed E-state index contributed by atoms with van der Waals surface area (Å²) in [5.74, 6) is 6.73. The van der Waals surface area contributed by atoms with E-state index >= 15 is 0 Å². The van der Waals surface area contributed by atoms with Gasteiger partial charge >= 0.3 is 12.0 Å². The predicted molar refractivity (Wildman–Crippen MR) is 71.9 cm³/mol. The second kappa shape index (κ2) is 6.53. The molecule has 1 aromatic carbocycles. The summed E-state index contributed by atoms with van der Waals surface area (Å²) in [5, 5.41) is 0. The van der Waals surface area contributed by atoms with Crippen molar-refractivity contribution in [1.29, 1.82) is 0 Å². The number of benzene rings is 1. The number of hydrogen-bond acceptors (Lipinski definition) is 8. The van der Waals surface area contributed by atoms with Gasteiger partial charge in [-0.05, 0) is 31.2 Å². The van der Waals surface area contributed by atoms with Crippen LogP contribution in [0.25, 0.3) is 0 Å². The Morgan fingerprint density at radius 3 is 2.30 bits per heavy atom. The molecule has 0 unspecified atom stereocenters. The molecule has 0 fully saturated rings. The van der Waals surface area contributed by atoms with Gasteiger partial charge in [0.1, 0.15) is 11.5 Å². The molecular formula is C12H15N5O3. The van der Waals surface area contributed by atoms with E-state index in [4.69, 9.17) is 20.1 Å². The Hall–Kier alpha value is -2.61. The van der Waals surface area contributed by atoms with Gasteiger partial charge in [0.15, 0.2) is 0 Å². The van der Waals surface area contributed by atoms with Crippen LogP contribution < -0.4 is 25.5 Å². The molecule has 2 aromatic rings. The highest BCUT2D eigenvalue weighted by atomic mass is 16.5. The van der Waals surface area contributed by atoms with Crippen LogP contribution >= 0.6 is 0 Å². The van der Waals surface area contributed by atoms with Crippen LogP contribution in [-0.4, -0.2) is 28.7 Å². The number of nitrogens with zero attached hydrogens (tertiary/aromatic N) is 3. The molecule has 20 heavy (non-hydrogen) atoms. The number of anilines is 1. The number of ether oxygens (including phenoxy) is 3. The first kappa shape index (κ1) is 13.8. The minimum Gasteiger partial charge on any atom is -0.494 e. The fraction of sp³-hybridized carbons (Fsp3) is 0.250. The molecule has 0 spiro atoms. The summed E-state index contributed by atoms with van der Waals surface area (Å²) in [5.41, 5.74) is 2.31. The van der Waals surface area contributed by atoms with Gasteiger partial charge in [-0.25, -0.2) is 5.84 Å². The second-order valence-corrected chi connectivity index (χ2v) is 3.58. The Kier molecular flexibility index (Phi) is 4.51. The van der Waals surface area contributed by atoms with E-state index in [1.165, 1.54) is 7.11 Å². The Bertz CT molecular complexity index is 539. The molecule has 0 amide bonds. The van der Waals surface area contributed by atoms with Crippen LogP contribution in [0.2, 0.25) is 0 Å². The lowest BCUT2D eigenvalue weighted by atomic mass is 10.3. The van der Waals surface area contributed by atoms with Gasteiger partial charge in [-0.15, -0.1) is 4.98 Å². The smallest absolute Gasteiger partial charge is 0.330 e. The van der Waals surface area contributed by atoms with E-state index in [2.05, 4.69) is 20.4 Å². The summed E-state index contributed by atoms with van der Waals surface area (Å²) in [6.45, 7) is 2.53. The van der Waals surface area contributed by atoms with Gasteiger partial charge in [-0.2, -0.15) is 9.97 Å². The lowest BCUT2D eigenvalue weighted by Crippen LogP contribution is -2.12. The molecule has 1 aromatic heterocycles. The third kappa shape index (κ3) is 3.45. The van der Waals surface area contributed by atoms with Gasteiger partial charge in [0, 0.05) is 0 Å². The first-order valence-electron chi connectivity index (χ1n) is 5.92. The first-order chi connectivity index (χ1) is 9.75. The van der Waals surface area contributed by atoms with Crippen molar-refractivity contribution >= 4 is 5.95 Å². The molecule has 0 bridgehead atoms. The summed E-state index contributed by atoms with van der Waals surface area (Å²) < 4.78 is 15.8. The number of nitrogens with one attached hydrogen (secondary N) is 1. The monoisotopic (exact) mass is 277 g/mol. The maximum atomic E-state index is 5.50. The van der Waals surface area contributed by atoms with Crippen LogP contribution in [0.15, 0.2) is 24.3 Å².